The molecule has 15 rings (SSSR count). The van der Waals surface area contributed by atoms with Gasteiger partial charge in [0.05, 0.1) is 121 Å². The summed E-state index contributed by atoms with van der Waals surface area (Å²) in [5.41, 5.74) is -7.01. The Labute approximate surface area is 910 Å². The number of ketones is 4. The Kier molecular flexibility index (Phi) is 36.2. The molecule has 0 fully saturated rings. The maximum absolute atomic E-state index is 15.0. The van der Waals surface area contributed by atoms with Gasteiger partial charge in [0.15, 0.2) is 23.1 Å². The molecule has 0 saturated heterocycles. The van der Waals surface area contributed by atoms with Gasteiger partial charge in [-0.15, -0.1) is 0 Å². The number of nitrogens with one attached hydrogen (secondary N) is 7. The molecule has 0 unspecified atom stereocenters. The Hall–Kier alpha value is -7.17. The van der Waals surface area contributed by atoms with E-state index in [2.05, 4.69) is 65.5 Å². The Morgan fingerprint density at radius 3 is 1.15 bits per heavy atom. The molecule has 0 saturated carbocycles. The molecule has 4 heterocycles. The Balaban J connectivity index is 0.00000316. The largest absolute Gasteiger partial charge is 1.00 e. The molecule has 9 N–H and O–H groups in total. The fourth-order valence-corrected chi connectivity index (χ4v) is 18.3. The molecule has 0 bridgehead atoms. The number of nitrogens with zero attached hydrogens (tertiary/aromatic N) is 8. The summed E-state index contributed by atoms with van der Waals surface area (Å²) in [6, 6.07) is 28.0. The zero-order valence-electron chi connectivity index (χ0n) is 70.9. The van der Waals surface area contributed by atoms with Gasteiger partial charge in [0, 0.05) is 64.8 Å². The number of carbonyl (C=O) groups is 4. The molecule has 134 heavy (non-hydrogen) atoms. The van der Waals surface area contributed by atoms with Crippen molar-refractivity contribution in [2.45, 2.75) is 34.3 Å². The number of aromatic nitrogens is 8. The van der Waals surface area contributed by atoms with Crippen molar-refractivity contribution < 1.29 is 322 Å². The number of hydrogen-bond donors (Lipinski definition) is 8. The molecule has 44 nitrogen and oxygen atoms in total. The number of pyridine rings is 2. The van der Waals surface area contributed by atoms with E-state index in [0.29, 0.717) is 12.1 Å². The molecule has 2 aliphatic rings. The van der Waals surface area contributed by atoms with Crippen LogP contribution in [0.25, 0.3) is 44.1 Å². The molecule has 0 spiro atoms. The SMILES string of the molecule is Cn1c(=O)c(C(=O)c2cccc(S(=O)(=O)[O-])c2)c2c3c(c(Nc4cc(N=c5[nH]c(Oc6ccc(S(=O)(=O)[O-])cc6)nc(=NCCN=c6[nH]c(=NCCN)[nH]c(=Nc7cc(Nc8ccc9c%10c8C(=O)c8ccccc8-c%10c(C(=O)c8cccc(S(=O)(=O)[O-])c8)c(=O)n9C)c(S(=O)(=O)[O-])cc7S(=O)(=O)[O-])[nH]6)[nH]5)c(S(=O)(=O)[O-])cc4S(=O)(=O)[O-])ccc31)C(=O)c1ccccc1-2.[Na+].[Na+].[Na+].[Na+].[Na+].[Na+].[Na+]. The number of anilines is 4. The number of ether oxygens (including phenoxy) is 1. The van der Waals surface area contributed by atoms with E-state index < -0.39 is 237 Å². The summed E-state index contributed by atoms with van der Waals surface area (Å²) in [5, 5.41) is 4.98. The fourth-order valence-electron chi connectivity index (χ4n) is 14.2. The van der Waals surface area contributed by atoms with E-state index in [4.69, 9.17) is 10.5 Å². The van der Waals surface area contributed by atoms with E-state index in [1.54, 1.807) is 0 Å². The van der Waals surface area contributed by atoms with Gasteiger partial charge in [0.25, 0.3) is 11.1 Å². The van der Waals surface area contributed by atoms with Gasteiger partial charge in [0.1, 0.15) is 76.6 Å². The first-order valence-corrected chi connectivity index (χ1v) is 45.8. The minimum Gasteiger partial charge on any atom is -0.744 e. The van der Waals surface area contributed by atoms with Crippen LogP contribution in [-0.2, 0) is 84.9 Å². The van der Waals surface area contributed by atoms with Crippen molar-refractivity contribution >= 4 is 150 Å². The second kappa shape index (κ2) is 43.3. The van der Waals surface area contributed by atoms with Crippen LogP contribution in [0.5, 0.6) is 11.8 Å². The summed E-state index contributed by atoms with van der Waals surface area (Å²) in [6.45, 7) is -1.27. The van der Waals surface area contributed by atoms with Gasteiger partial charge in [0.2, 0.25) is 28.1 Å². The van der Waals surface area contributed by atoms with Crippen molar-refractivity contribution in [3.8, 4) is 34.0 Å². The number of H-pyrrole nitrogens is 5. The number of fused-ring (bicyclic) bond motifs is 4. The molecule has 58 heteroatoms. The van der Waals surface area contributed by atoms with Crippen LogP contribution in [-0.4, -0.2) is 179 Å². The fraction of sp³-hybridized carbons (Fsp3) is 0.0789. The quantitative estimate of drug-likeness (QED) is 0.0121. The molecule has 0 amide bonds. The number of aryl methyl sites for hydroxylation is 2. The van der Waals surface area contributed by atoms with E-state index in [1.165, 1.54) is 74.8 Å². The predicted molar refractivity (Wildman–Crippen MR) is 431 cm³/mol. The Morgan fingerprint density at radius 2 is 0.761 bits per heavy atom. The molecule has 4 aromatic heterocycles. The van der Waals surface area contributed by atoms with Gasteiger partial charge in [-0.1, -0.05) is 72.8 Å². The van der Waals surface area contributed by atoms with E-state index in [1.807, 2.05) is 0 Å². The number of nitrogens with two attached hydrogens (primary N) is 1. The predicted octanol–water partition coefficient (Wildman–Crippen LogP) is -19.2. The average molecular weight is 2020 g/mol. The third-order valence-corrected chi connectivity index (χ3v) is 25.6. The van der Waals surface area contributed by atoms with Gasteiger partial charge in [-0.3, -0.25) is 63.7 Å². The zero-order chi connectivity index (χ0) is 91.4. The van der Waals surface area contributed by atoms with Gasteiger partial charge < -0.3 is 62.1 Å². The molecular weight excluding hydrogens is 1970 g/mol. The van der Waals surface area contributed by atoms with Gasteiger partial charge in [-0.25, -0.2) is 73.9 Å². The minimum absolute atomic E-state index is 0. The first-order chi connectivity index (χ1) is 59.7. The summed E-state index contributed by atoms with van der Waals surface area (Å²) >= 11 is 0. The second-order valence-electron chi connectivity index (χ2n) is 27.5. The van der Waals surface area contributed by atoms with Crippen LogP contribution in [0.2, 0.25) is 0 Å². The monoisotopic (exact) mass is 2020 g/mol. The van der Waals surface area contributed by atoms with Gasteiger partial charge in [-0.2, -0.15) is 4.98 Å². The Bertz CT molecular complexity index is 8580. The van der Waals surface area contributed by atoms with Gasteiger partial charge >= 0.3 is 213 Å². The van der Waals surface area contributed by atoms with Crippen LogP contribution in [0.15, 0.2) is 239 Å². The first-order valence-electron chi connectivity index (χ1n) is 36.0. The summed E-state index contributed by atoms with van der Waals surface area (Å²) in [4.78, 5) is 119. The molecule has 2 aliphatic carbocycles. The van der Waals surface area contributed by atoms with Crippen LogP contribution in [0.4, 0.5) is 34.1 Å². The van der Waals surface area contributed by atoms with Crippen molar-refractivity contribution in [3.63, 3.8) is 0 Å². The smallest absolute Gasteiger partial charge is 0.744 e. The topological polar surface area (TPSA) is 726 Å². The van der Waals surface area contributed by atoms with Crippen LogP contribution in [0.3, 0.4) is 0 Å². The van der Waals surface area contributed by atoms with E-state index in [0.717, 1.165) is 94.1 Å². The number of benzene rings is 9. The Morgan fingerprint density at radius 1 is 0.388 bits per heavy atom. The second-order valence-corrected chi connectivity index (χ2v) is 37.0. The van der Waals surface area contributed by atoms with Crippen molar-refractivity contribution in [3.05, 3.63) is 263 Å². The maximum atomic E-state index is 15.0. The molecule has 0 atom stereocenters. The van der Waals surface area contributed by atoms with Crippen molar-refractivity contribution in [2.75, 3.05) is 36.8 Å². The minimum atomic E-state index is -5.96. The number of aromatic amines is 5. The zero-order valence-corrected chi connectivity index (χ0v) is 90.7. The number of carbonyl (C=O) groups excluding carboxylic acids is 4. The summed E-state index contributed by atoms with van der Waals surface area (Å²) < 4.78 is 276. The van der Waals surface area contributed by atoms with E-state index in [-0.39, 0.29) is 310 Å². The van der Waals surface area contributed by atoms with E-state index >= 15 is 0 Å². The average Bonchev–Trinajstić information content (AvgIpc) is 0.707. The molecule has 652 valence electrons. The third kappa shape index (κ3) is 23.1. The van der Waals surface area contributed by atoms with Crippen LogP contribution >= 0.6 is 0 Å². The van der Waals surface area contributed by atoms with Gasteiger partial charge in [-0.05, 0) is 108 Å². The summed E-state index contributed by atoms with van der Waals surface area (Å²) in [5.74, 6) is -4.23. The first kappa shape index (κ1) is 112. The van der Waals surface area contributed by atoms with Crippen molar-refractivity contribution in [1.29, 1.82) is 0 Å². The normalized spacial score (nSPS) is 13.0. The molecule has 0 aliphatic heterocycles. The van der Waals surface area contributed by atoms with Crippen LogP contribution < -0.4 is 267 Å². The molecule has 0 radical (unpaired) electrons. The van der Waals surface area contributed by atoms with Crippen molar-refractivity contribution in [2.24, 2.45) is 44.8 Å². The van der Waals surface area contributed by atoms with Crippen molar-refractivity contribution in [1.82, 2.24) is 39.0 Å². The summed E-state index contributed by atoms with van der Waals surface area (Å²) in [6.07, 6.45) is 0. The standard InChI is InChI=1S/C76H58N16O28S7.7Na/c1-91-51-23-21-45(59-61(51)57(41-13-3-5-15-43(41)67(59)95)63(69(91)97)65(93)35-9-7-11-39(29-35)122(102,103)104)81-47-31-49(55(126(114,115)116)33-53(47)124(108,109)110)83-74-86-71(78-26-25-77)85-72(87-74)79-27-28-80-73-88-75(90-76(89-73)120-37-17-19-38(20-18-37)121(99,100)101)84-50-32-48(54(125(111,112)113)34-56(50)127(117,118)119)82-46-22-24-52-62-58(42-14-4-6-16-44(42)68(96)60(46)62)64(70(98)92(52)2)66(94)36-10-8-12-40(30-36)123(105,106)107;;;;;;;/h3-24,29-34,81-82H,25-28,77H2,1-2H3,(H,99,100,101)(H,102,103,104)(H,105,106,107)(H,108,109,110)(H,111,112,113)(H,114,115,116)(H,117,118,119)(H2,80,84,88,89,90)(H3,78,79,83,85,86,87);;;;;;;/q;7*+1/p-7. The third-order valence-electron chi connectivity index (χ3n) is 19.6. The number of hydrogen-bond acceptors (Lipinski definition) is 37. The molecule has 9 aromatic carbocycles. The summed E-state index contributed by atoms with van der Waals surface area (Å²) in [7, 11) is -36.6. The van der Waals surface area contributed by atoms with Crippen LogP contribution in [0.1, 0.15) is 63.7 Å². The number of rotatable bonds is 24. The van der Waals surface area contributed by atoms with E-state index in [9.17, 15) is 120 Å². The molecular formula is C76H51N16Na7O28S7. The van der Waals surface area contributed by atoms with Crippen LogP contribution in [0, 0.1) is 0 Å². The molecule has 13 aromatic rings. The maximum Gasteiger partial charge on any atom is 1.00 e.